The van der Waals surface area contributed by atoms with E-state index in [4.69, 9.17) is 4.74 Å². The number of benzene rings is 2. The van der Waals surface area contributed by atoms with E-state index >= 15 is 0 Å². The van der Waals surface area contributed by atoms with Gasteiger partial charge >= 0.3 is 6.09 Å². The molecule has 10 heteroatoms. The summed E-state index contributed by atoms with van der Waals surface area (Å²) in [5.74, 6) is -0.457. The van der Waals surface area contributed by atoms with Gasteiger partial charge in [0, 0.05) is 22.9 Å². The number of amides is 2. The van der Waals surface area contributed by atoms with Gasteiger partial charge < -0.3 is 10.1 Å². The molecule has 2 amide bonds. The number of hydrogen-bond donors (Lipinski definition) is 2. The molecule has 8 nitrogen and oxygen atoms in total. The first-order valence-electron chi connectivity index (χ1n) is 10.2. The number of nitrogens with zero attached hydrogens (tertiary/aromatic N) is 1. The van der Waals surface area contributed by atoms with Crippen molar-refractivity contribution in [2.75, 3.05) is 10.6 Å². The zero-order chi connectivity index (χ0) is 24.9. The highest BCUT2D eigenvalue weighted by molar-refractivity contribution is 9.10. The van der Waals surface area contributed by atoms with E-state index in [0.29, 0.717) is 21.4 Å². The van der Waals surface area contributed by atoms with E-state index in [2.05, 4.69) is 26.6 Å². The van der Waals surface area contributed by atoms with Crippen LogP contribution < -0.4 is 10.6 Å². The lowest BCUT2D eigenvalue weighted by Gasteiger charge is -2.20. The largest absolute Gasteiger partial charge is 0.444 e. The second kappa shape index (κ2) is 10.3. The molecule has 2 N–H and O–H groups in total. The molecular weight excluding hydrogens is 522 g/mol. The molecule has 0 saturated carbocycles. The topological polar surface area (TPSA) is 106 Å². The Morgan fingerprint density at radius 1 is 1.00 bits per heavy atom. The standard InChI is InChI=1S/C24H24BrN3O5S/c1-24(2,3)33-23(30)27-21-10-5-4-9-20(21)26-22(29)12-11-17-13-14-28(16-17)34(31,32)19-8-6-7-18(25)15-19/h4-16H,1-3H3,(H,26,29)(H,27,30). The van der Waals surface area contributed by atoms with Gasteiger partial charge in [0.25, 0.3) is 10.0 Å². The van der Waals surface area contributed by atoms with Gasteiger partial charge in [0.05, 0.1) is 16.3 Å². The van der Waals surface area contributed by atoms with Crippen LogP contribution in [0, 0.1) is 0 Å². The lowest BCUT2D eigenvalue weighted by atomic mass is 10.2. The van der Waals surface area contributed by atoms with Gasteiger partial charge in [0.1, 0.15) is 5.60 Å². The van der Waals surface area contributed by atoms with Crippen LogP contribution in [0.4, 0.5) is 16.2 Å². The Bertz CT molecular complexity index is 1340. The fourth-order valence-electron chi connectivity index (χ4n) is 2.85. The Labute approximate surface area is 206 Å². The molecule has 0 aliphatic rings. The monoisotopic (exact) mass is 545 g/mol. The second-order valence-corrected chi connectivity index (χ2v) is 11.0. The van der Waals surface area contributed by atoms with E-state index in [0.717, 1.165) is 3.97 Å². The number of aromatic nitrogens is 1. The maximum absolute atomic E-state index is 12.8. The predicted molar refractivity (Wildman–Crippen MR) is 135 cm³/mol. The van der Waals surface area contributed by atoms with Gasteiger partial charge in [0.2, 0.25) is 5.91 Å². The molecule has 3 rings (SSSR count). The zero-order valence-electron chi connectivity index (χ0n) is 18.8. The fourth-order valence-corrected chi connectivity index (χ4v) is 4.65. The molecule has 0 atom stereocenters. The Morgan fingerprint density at radius 2 is 1.68 bits per heavy atom. The van der Waals surface area contributed by atoms with Crippen molar-refractivity contribution in [3.05, 3.63) is 83.1 Å². The van der Waals surface area contributed by atoms with Crippen LogP contribution in [0.2, 0.25) is 0 Å². The van der Waals surface area contributed by atoms with Gasteiger partial charge in [0.15, 0.2) is 0 Å². The first kappa shape index (κ1) is 25.3. The SMILES string of the molecule is CC(C)(C)OC(=O)Nc1ccccc1NC(=O)C=Cc1ccn(S(=O)(=O)c2cccc(Br)c2)c1. The molecule has 2 aromatic carbocycles. The van der Waals surface area contributed by atoms with Gasteiger partial charge in [-0.15, -0.1) is 0 Å². The van der Waals surface area contributed by atoms with Gasteiger partial charge in [-0.25, -0.2) is 17.2 Å². The van der Waals surface area contributed by atoms with E-state index in [1.807, 2.05) is 0 Å². The van der Waals surface area contributed by atoms with E-state index in [1.54, 1.807) is 63.2 Å². The summed E-state index contributed by atoms with van der Waals surface area (Å²) < 4.78 is 32.6. The Morgan fingerprint density at radius 3 is 2.32 bits per heavy atom. The molecule has 0 bridgehead atoms. The molecule has 1 heterocycles. The summed E-state index contributed by atoms with van der Waals surface area (Å²) in [5, 5.41) is 5.30. The summed E-state index contributed by atoms with van der Waals surface area (Å²) >= 11 is 3.27. The number of para-hydroxylation sites is 2. The Kier molecular flexibility index (Phi) is 7.63. The van der Waals surface area contributed by atoms with E-state index in [-0.39, 0.29) is 4.90 Å². The van der Waals surface area contributed by atoms with Crippen LogP contribution in [0.5, 0.6) is 0 Å². The normalized spacial score (nSPS) is 11.9. The van der Waals surface area contributed by atoms with Crippen LogP contribution in [0.15, 0.2) is 82.4 Å². The predicted octanol–water partition coefficient (Wildman–Crippen LogP) is 5.49. The summed E-state index contributed by atoms with van der Waals surface area (Å²) in [6, 6.07) is 14.7. The second-order valence-electron chi connectivity index (χ2n) is 8.23. The highest BCUT2D eigenvalue weighted by Crippen LogP contribution is 2.23. The smallest absolute Gasteiger partial charge is 0.412 e. The number of anilines is 2. The van der Waals surface area contributed by atoms with E-state index in [1.165, 1.54) is 36.7 Å². The van der Waals surface area contributed by atoms with Gasteiger partial charge in [-0.05, 0) is 68.8 Å². The molecule has 1 aromatic heterocycles. The summed E-state index contributed by atoms with van der Waals surface area (Å²) in [6.45, 7) is 5.26. The third-order valence-electron chi connectivity index (χ3n) is 4.31. The van der Waals surface area contributed by atoms with Crippen molar-refractivity contribution in [3.63, 3.8) is 0 Å². The first-order valence-corrected chi connectivity index (χ1v) is 12.4. The lowest BCUT2D eigenvalue weighted by Crippen LogP contribution is -2.27. The molecule has 0 saturated heterocycles. The van der Waals surface area contributed by atoms with E-state index < -0.39 is 27.6 Å². The van der Waals surface area contributed by atoms with Crippen LogP contribution in [0.25, 0.3) is 6.08 Å². The zero-order valence-corrected chi connectivity index (χ0v) is 21.2. The molecule has 0 radical (unpaired) electrons. The lowest BCUT2D eigenvalue weighted by molar-refractivity contribution is -0.111. The van der Waals surface area contributed by atoms with Crippen LogP contribution in [0.1, 0.15) is 26.3 Å². The number of hydrogen-bond acceptors (Lipinski definition) is 5. The Balaban J connectivity index is 1.69. The van der Waals surface area contributed by atoms with Crippen molar-refractivity contribution in [2.45, 2.75) is 31.3 Å². The average molecular weight is 546 g/mol. The average Bonchev–Trinajstić information content (AvgIpc) is 3.22. The van der Waals surface area contributed by atoms with Gasteiger partial charge in [-0.2, -0.15) is 0 Å². The number of carbonyl (C=O) groups excluding carboxylic acids is 2. The van der Waals surface area contributed by atoms with Crippen LogP contribution in [-0.2, 0) is 19.6 Å². The van der Waals surface area contributed by atoms with Crippen molar-refractivity contribution >= 4 is 55.4 Å². The van der Waals surface area contributed by atoms with Gasteiger partial charge in [-0.3, -0.25) is 10.1 Å². The molecule has 0 aliphatic heterocycles. The van der Waals surface area contributed by atoms with Crippen molar-refractivity contribution in [3.8, 4) is 0 Å². The summed E-state index contributed by atoms with van der Waals surface area (Å²) in [6.07, 6.45) is 4.95. The summed E-state index contributed by atoms with van der Waals surface area (Å²) in [7, 11) is -3.76. The first-order chi connectivity index (χ1) is 15.9. The van der Waals surface area contributed by atoms with Crippen molar-refractivity contribution in [2.24, 2.45) is 0 Å². The Hall–Kier alpha value is -3.37. The van der Waals surface area contributed by atoms with E-state index in [9.17, 15) is 18.0 Å². The molecule has 0 fully saturated rings. The number of halogens is 1. The number of carbonyl (C=O) groups is 2. The maximum Gasteiger partial charge on any atom is 0.412 e. The fraction of sp³-hybridized carbons (Fsp3) is 0.167. The quantitative estimate of drug-likeness (QED) is 0.398. The minimum atomic E-state index is -3.76. The summed E-state index contributed by atoms with van der Waals surface area (Å²) in [4.78, 5) is 24.6. The van der Waals surface area contributed by atoms with Crippen molar-refractivity contribution in [1.29, 1.82) is 0 Å². The van der Waals surface area contributed by atoms with Crippen molar-refractivity contribution < 1.29 is 22.7 Å². The van der Waals surface area contributed by atoms with Gasteiger partial charge in [-0.1, -0.05) is 34.1 Å². The highest BCUT2D eigenvalue weighted by atomic mass is 79.9. The van der Waals surface area contributed by atoms with Crippen LogP contribution in [-0.4, -0.2) is 30.0 Å². The third-order valence-corrected chi connectivity index (χ3v) is 6.43. The molecule has 0 aliphatic carbocycles. The molecule has 3 aromatic rings. The molecular formula is C24H24BrN3O5S. The number of nitrogens with one attached hydrogen (secondary N) is 2. The minimum absolute atomic E-state index is 0.139. The molecule has 178 valence electrons. The third kappa shape index (κ3) is 6.82. The highest BCUT2D eigenvalue weighted by Gasteiger charge is 2.18. The van der Waals surface area contributed by atoms with Crippen molar-refractivity contribution in [1.82, 2.24) is 3.97 Å². The molecule has 0 unspecified atom stereocenters. The summed E-state index contributed by atoms with van der Waals surface area (Å²) in [5.41, 5.74) is 0.628. The number of rotatable bonds is 6. The molecule has 0 spiro atoms. The number of ether oxygens (including phenoxy) is 1. The maximum atomic E-state index is 12.8. The van der Waals surface area contributed by atoms with Crippen LogP contribution >= 0.6 is 15.9 Å². The molecule has 34 heavy (non-hydrogen) atoms. The van der Waals surface area contributed by atoms with Crippen LogP contribution in [0.3, 0.4) is 0 Å². The minimum Gasteiger partial charge on any atom is -0.444 e.